The number of unbranched alkanes of at least 4 members (excludes halogenated alkanes) is 1. The van der Waals surface area contributed by atoms with E-state index in [0.29, 0.717) is 19.4 Å². The Hall–Kier alpha value is -0.960. The molecule has 0 fully saturated rings. The second-order valence-electron chi connectivity index (χ2n) is 3.72. The lowest BCUT2D eigenvalue weighted by Crippen LogP contribution is -2.26. The maximum Gasteiger partial charge on any atom is 0.387 e. The number of nitrogens with one attached hydrogen (secondary N) is 1. The molecule has 0 aliphatic rings. The van der Waals surface area contributed by atoms with Gasteiger partial charge in [0, 0.05) is 6.54 Å². The molecule has 0 aliphatic heterocycles. The molecule has 0 aliphatic carbocycles. The van der Waals surface area contributed by atoms with Gasteiger partial charge in [0.2, 0.25) is 10.0 Å². The van der Waals surface area contributed by atoms with Gasteiger partial charge < -0.3 is 10.5 Å². The van der Waals surface area contributed by atoms with E-state index >= 15 is 0 Å². The van der Waals surface area contributed by atoms with E-state index in [1.165, 1.54) is 24.3 Å². The van der Waals surface area contributed by atoms with Crippen molar-refractivity contribution in [2.75, 3.05) is 13.1 Å². The Morgan fingerprint density at radius 1 is 1.25 bits per heavy atom. The predicted octanol–water partition coefficient (Wildman–Crippen LogP) is 1.73. The summed E-state index contributed by atoms with van der Waals surface area (Å²) in [5.74, 6) is -0.371. The average Bonchev–Trinajstić information content (AvgIpc) is 2.34. The van der Waals surface area contributed by atoms with Crippen molar-refractivity contribution in [3.05, 3.63) is 24.3 Å². The molecule has 5 nitrogen and oxygen atoms in total. The number of benzene rings is 1. The number of ether oxygens (including phenoxy) is 1. The van der Waals surface area contributed by atoms with Gasteiger partial charge in [-0.2, -0.15) is 8.78 Å². The smallest absolute Gasteiger partial charge is 0.387 e. The Bertz CT molecular complexity index is 500. The normalized spacial score (nSPS) is 11.2. The van der Waals surface area contributed by atoms with Crippen LogP contribution in [0.1, 0.15) is 12.8 Å². The van der Waals surface area contributed by atoms with Crippen molar-refractivity contribution in [3.8, 4) is 5.75 Å². The van der Waals surface area contributed by atoms with Gasteiger partial charge in [-0.3, -0.25) is 0 Å². The third-order valence-corrected chi connectivity index (χ3v) is 3.78. The number of rotatable bonds is 8. The zero-order chi connectivity index (χ0) is 14.3. The van der Waals surface area contributed by atoms with Crippen LogP contribution in [0.2, 0.25) is 0 Å². The summed E-state index contributed by atoms with van der Waals surface area (Å²) in [6, 6.07) is 5.25. The van der Waals surface area contributed by atoms with Gasteiger partial charge in [0.15, 0.2) is 0 Å². The van der Waals surface area contributed by atoms with Crippen molar-refractivity contribution in [1.29, 1.82) is 0 Å². The zero-order valence-corrected chi connectivity index (χ0v) is 12.2. The fourth-order valence-corrected chi connectivity index (χ4v) is 2.63. The van der Waals surface area contributed by atoms with E-state index < -0.39 is 16.6 Å². The van der Waals surface area contributed by atoms with Crippen LogP contribution in [-0.4, -0.2) is 28.1 Å². The number of hydrogen-bond donors (Lipinski definition) is 2. The highest BCUT2D eigenvalue weighted by Crippen LogP contribution is 2.24. The molecule has 0 saturated heterocycles. The molecule has 116 valence electrons. The lowest BCUT2D eigenvalue weighted by molar-refractivity contribution is -0.0517. The second kappa shape index (κ2) is 9.06. The van der Waals surface area contributed by atoms with Crippen LogP contribution >= 0.6 is 12.4 Å². The quantitative estimate of drug-likeness (QED) is 0.711. The number of halogens is 3. The molecule has 0 aromatic heterocycles. The zero-order valence-electron chi connectivity index (χ0n) is 10.6. The van der Waals surface area contributed by atoms with Gasteiger partial charge in [0.25, 0.3) is 0 Å². The highest BCUT2D eigenvalue weighted by Gasteiger charge is 2.20. The summed E-state index contributed by atoms with van der Waals surface area (Å²) in [6.45, 7) is -2.41. The molecule has 0 unspecified atom stereocenters. The molecule has 1 rings (SSSR count). The van der Waals surface area contributed by atoms with Crippen LogP contribution in [0.4, 0.5) is 8.78 Å². The number of hydrogen-bond acceptors (Lipinski definition) is 4. The van der Waals surface area contributed by atoms with Gasteiger partial charge >= 0.3 is 6.61 Å². The van der Waals surface area contributed by atoms with E-state index in [1.54, 1.807) is 0 Å². The highest BCUT2D eigenvalue weighted by molar-refractivity contribution is 7.89. The Kier molecular flexibility index (Phi) is 8.63. The first-order chi connectivity index (χ1) is 8.97. The lowest BCUT2D eigenvalue weighted by atomic mass is 10.3. The molecule has 3 N–H and O–H groups in total. The van der Waals surface area contributed by atoms with Crippen LogP contribution in [0.25, 0.3) is 0 Å². The molecular formula is C11H17ClF2N2O3S. The van der Waals surface area contributed by atoms with E-state index in [0.717, 1.165) is 0 Å². The van der Waals surface area contributed by atoms with E-state index in [4.69, 9.17) is 5.73 Å². The molecular weight excluding hydrogens is 314 g/mol. The van der Waals surface area contributed by atoms with Crippen molar-refractivity contribution in [2.45, 2.75) is 24.3 Å². The predicted molar refractivity (Wildman–Crippen MR) is 73.8 cm³/mol. The fourth-order valence-electron chi connectivity index (χ4n) is 1.42. The van der Waals surface area contributed by atoms with E-state index in [9.17, 15) is 17.2 Å². The summed E-state index contributed by atoms with van der Waals surface area (Å²) in [7, 11) is -3.87. The summed E-state index contributed by atoms with van der Waals surface area (Å²) >= 11 is 0. The van der Waals surface area contributed by atoms with Gasteiger partial charge in [-0.05, 0) is 31.5 Å². The third kappa shape index (κ3) is 6.00. The molecule has 0 bridgehead atoms. The Balaban J connectivity index is 0.00000361. The SMILES string of the molecule is Cl.NCCCCNS(=O)(=O)c1ccccc1OC(F)F. The first kappa shape index (κ1) is 19.0. The minimum Gasteiger partial charge on any atom is -0.433 e. The summed E-state index contributed by atoms with van der Waals surface area (Å²) in [5.41, 5.74) is 5.29. The molecule has 1 aromatic carbocycles. The van der Waals surface area contributed by atoms with Crippen molar-refractivity contribution in [2.24, 2.45) is 5.73 Å². The van der Waals surface area contributed by atoms with Crippen molar-refractivity contribution in [1.82, 2.24) is 4.72 Å². The summed E-state index contributed by atoms with van der Waals surface area (Å²) in [4.78, 5) is -0.303. The molecule has 9 heteroatoms. The molecule has 0 amide bonds. The van der Waals surface area contributed by atoms with Gasteiger partial charge in [-0.25, -0.2) is 13.1 Å². The molecule has 0 atom stereocenters. The van der Waals surface area contributed by atoms with Crippen molar-refractivity contribution >= 4 is 22.4 Å². The van der Waals surface area contributed by atoms with Crippen LogP contribution in [0.15, 0.2) is 29.2 Å². The monoisotopic (exact) mass is 330 g/mol. The maximum atomic E-state index is 12.2. The Morgan fingerprint density at radius 3 is 2.50 bits per heavy atom. The first-order valence-corrected chi connectivity index (χ1v) is 7.19. The molecule has 1 aromatic rings. The molecule has 20 heavy (non-hydrogen) atoms. The van der Waals surface area contributed by atoms with Crippen molar-refractivity contribution < 1.29 is 21.9 Å². The minimum atomic E-state index is -3.87. The Labute approximate surface area is 123 Å². The molecule has 0 spiro atoms. The summed E-state index contributed by atoms with van der Waals surface area (Å²) in [6.07, 6.45) is 1.26. The van der Waals surface area contributed by atoms with Crippen molar-refractivity contribution in [3.63, 3.8) is 0 Å². The largest absolute Gasteiger partial charge is 0.433 e. The minimum absolute atomic E-state index is 0. The highest BCUT2D eigenvalue weighted by atomic mass is 35.5. The van der Waals surface area contributed by atoms with Gasteiger partial charge in [0.1, 0.15) is 10.6 Å². The summed E-state index contributed by atoms with van der Waals surface area (Å²) < 4.78 is 54.7. The topological polar surface area (TPSA) is 81.4 Å². The van der Waals surface area contributed by atoms with E-state index in [1.807, 2.05) is 0 Å². The number of alkyl halides is 2. The standard InChI is InChI=1S/C11H16F2N2O3S.ClH/c12-11(13)18-9-5-1-2-6-10(9)19(16,17)15-8-4-3-7-14;/h1-2,5-6,11,15H,3-4,7-8,14H2;1H. The van der Waals surface area contributed by atoms with Crippen LogP contribution in [-0.2, 0) is 10.0 Å². The van der Waals surface area contributed by atoms with Crippen LogP contribution in [0.5, 0.6) is 5.75 Å². The van der Waals surface area contributed by atoms with Crippen LogP contribution in [0.3, 0.4) is 0 Å². The number of sulfonamides is 1. The van der Waals surface area contributed by atoms with E-state index in [-0.39, 0.29) is 29.6 Å². The lowest BCUT2D eigenvalue weighted by Gasteiger charge is -2.11. The third-order valence-electron chi connectivity index (χ3n) is 2.28. The fraction of sp³-hybridized carbons (Fsp3) is 0.455. The number of para-hydroxylation sites is 1. The molecule has 0 saturated carbocycles. The van der Waals surface area contributed by atoms with E-state index in [2.05, 4.69) is 9.46 Å². The average molecular weight is 331 g/mol. The van der Waals surface area contributed by atoms with Gasteiger partial charge in [0.05, 0.1) is 0 Å². The van der Waals surface area contributed by atoms with Gasteiger partial charge in [-0.15, -0.1) is 12.4 Å². The van der Waals surface area contributed by atoms with Crippen LogP contribution < -0.4 is 15.2 Å². The second-order valence-corrected chi connectivity index (χ2v) is 5.45. The Morgan fingerprint density at radius 2 is 1.90 bits per heavy atom. The summed E-state index contributed by atoms with van der Waals surface area (Å²) in [5, 5.41) is 0. The first-order valence-electron chi connectivity index (χ1n) is 5.71. The molecule has 0 heterocycles. The van der Waals surface area contributed by atoms with Gasteiger partial charge in [-0.1, -0.05) is 12.1 Å². The molecule has 0 radical (unpaired) electrons. The van der Waals surface area contributed by atoms with Crippen LogP contribution in [0, 0.1) is 0 Å². The maximum absolute atomic E-state index is 12.2. The number of nitrogens with two attached hydrogens (primary N) is 1.